The lowest BCUT2D eigenvalue weighted by Gasteiger charge is -2.23. The molecule has 4 nitrogen and oxygen atoms in total. The van der Waals surface area contributed by atoms with Crippen molar-refractivity contribution in [1.82, 2.24) is 14.5 Å². The van der Waals surface area contributed by atoms with Crippen molar-refractivity contribution >= 4 is 11.0 Å². The molecule has 0 saturated heterocycles. The van der Waals surface area contributed by atoms with Gasteiger partial charge < -0.3 is 5.11 Å². The molecular weight excluding hydrogens is 731 g/mol. The Balaban J connectivity index is 1.41. The van der Waals surface area contributed by atoms with Crippen molar-refractivity contribution in [3.8, 4) is 67.5 Å². The normalized spacial score (nSPS) is 14.0. The molecular formula is C56H57N3O. The van der Waals surface area contributed by atoms with Gasteiger partial charge in [-0.1, -0.05) is 146 Å². The first-order valence-corrected chi connectivity index (χ1v) is 20.7. The van der Waals surface area contributed by atoms with Crippen LogP contribution in [-0.4, -0.2) is 19.6 Å². The number of fused-ring (bicyclic) bond motifs is 1. The Morgan fingerprint density at radius 3 is 2.12 bits per heavy atom. The van der Waals surface area contributed by atoms with Crippen LogP contribution < -0.4 is 0 Å². The maximum absolute atomic E-state index is 12.3. The predicted octanol–water partition coefficient (Wildman–Crippen LogP) is 14.9. The van der Waals surface area contributed by atoms with Crippen molar-refractivity contribution < 1.29 is 14.7 Å². The molecule has 2 heterocycles. The van der Waals surface area contributed by atoms with E-state index in [1.54, 1.807) is 18.3 Å². The van der Waals surface area contributed by atoms with E-state index in [4.69, 9.17) is 19.6 Å². The number of benzene rings is 6. The van der Waals surface area contributed by atoms with Crippen molar-refractivity contribution in [1.29, 1.82) is 0 Å². The van der Waals surface area contributed by atoms with Gasteiger partial charge >= 0.3 is 0 Å². The molecule has 0 atom stereocenters. The molecule has 0 spiro atoms. The second-order valence-electron chi connectivity index (χ2n) is 18.4. The molecule has 0 amide bonds. The highest BCUT2D eigenvalue weighted by Gasteiger charge is 2.27. The summed E-state index contributed by atoms with van der Waals surface area (Å²) in [6.07, 6.45) is 2.49. The molecule has 2 aromatic heterocycles. The van der Waals surface area contributed by atoms with Crippen molar-refractivity contribution in [2.24, 2.45) is 5.92 Å². The van der Waals surface area contributed by atoms with Crippen molar-refractivity contribution in [2.75, 3.05) is 0 Å². The van der Waals surface area contributed by atoms with Crippen LogP contribution in [0.1, 0.15) is 92.8 Å². The second-order valence-corrected chi connectivity index (χ2v) is 18.4. The van der Waals surface area contributed by atoms with Gasteiger partial charge in [0.25, 0.3) is 0 Å². The van der Waals surface area contributed by atoms with Gasteiger partial charge in [0.1, 0.15) is 11.6 Å². The van der Waals surface area contributed by atoms with Crippen LogP contribution in [-0.2, 0) is 17.3 Å². The fraction of sp³-hybridized carbons (Fsp3) is 0.250. The van der Waals surface area contributed by atoms with E-state index < -0.39 is 36.6 Å². The summed E-state index contributed by atoms with van der Waals surface area (Å²) in [6.45, 7) is 16.4. The van der Waals surface area contributed by atoms with Gasteiger partial charge in [-0.3, -0.25) is 9.55 Å². The topological polar surface area (TPSA) is 50.9 Å². The van der Waals surface area contributed by atoms with E-state index in [1.165, 1.54) is 5.56 Å². The summed E-state index contributed by atoms with van der Waals surface area (Å²) < 4.78 is 60.7. The molecule has 0 unspecified atom stereocenters. The largest absolute Gasteiger partial charge is 0.507 e. The van der Waals surface area contributed by atoms with Gasteiger partial charge in [0, 0.05) is 32.6 Å². The highest BCUT2D eigenvalue weighted by molar-refractivity contribution is 5.98. The van der Waals surface area contributed by atoms with Gasteiger partial charge in [-0.15, -0.1) is 0 Å². The fourth-order valence-electron chi connectivity index (χ4n) is 8.07. The fourth-order valence-corrected chi connectivity index (χ4v) is 8.07. The molecule has 4 heteroatoms. The Morgan fingerprint density at radius 2 is 1.42 bits per heavy atom. The molecule has 1 N–H and O–H groups in total. The van der Waals surface area contributed by atoms with E-state index in [0.717, 1.165) is 67.6 Å². The maximum atomic E-state index is 12.3. The number of nitrogens with zero attached hydrogens (tertiary/aromatic N) is 3. The van der Waals surface area contributed by atoms with E-state index in [1.807, 2.05) is 18.2 Å². The Hall–Kier alpha value is -6.26. The summed E-state index contributed by atoms with van der Waals surface area (Å²) in [5.74, 6) is 1.25. The average Bonchev–Trinajstić information content (AvgIpc) is 3.65. The van der Waals surface area contributed by atoms with Crippen LogP contribution in [0.15, 0.2) is 140 Å². The number of rotatable bonds is 8. The molecule has 0 saturated carbocycles. The average molecular weight is 795 g/mol. The number of aryl methyl sites for hydroxylation is 1. The van der Waals surface area contributed by atoms with Crippen LogP contribution in [0, 0.1) is 19.7 Å². The first-order valence-electron chi connectivity index (χ1n) is 24.2. The van der Waals surface area contributed by atoms with Crippen molar-refractivity contribution in [3.05, 3.63) is 167 Å². The summed E-state index contributed by atoms with van der Waals surface area (Å²) in [5, 5.41) is 12.3. The lowest BCUT2D eigenvalue weighted by atomic mass is 9.83. The van der Waals surface area contributed by atoms with Crippen molar-refractivity contribution in [2.45, 2.75) is 86.4 Å². The van der Waals surface area contributed by atoms with Gasteiger partial charge in [-0.25, -0.2) is 4.98 Å². The number of aromatic hydroxyl groups is 1. The lowest BCUT2D eigenvalue weighted by molar-refractivity contribution is 0.448. The highest BCUT2D eigenvalue weighted by Crippen LogP contribution is 2.44. The van der Waals surface area contributed by atoms with Gasteiger partial charge in [-0.05, 0) is 124 Å². The maximum Gasteiger partial charge on any atom is 0.149 e. The number of aromatic nitrogens is 3. The Kier molecular flexibility index (Phi) is 8.54. The summed E-state index contributed by atoms with van der Waals surface area (Å²) in [4.78, 5) is 10.3. The summed E-state index contributed by atoms with van der Waals surface area (Å²) >= 11 is 0. The zero-order chi connectivity index (χ0) is 48.5. The third kappa shape index (κ3) is 8.04. The van der Waals surface area contributed by atoms with Crippen LogP contribution in [0.4, 0.5) is 0 Å². The standard InChI is InChI=1S/C56H57N3O/c1-35(2)27-38-21-24-50(46(30-38)40-15-12-11-13-16-40)59-51-18-14-17-45(52(51)58-54(59)47-28-37(4)29-48(53(47)60)56(8,9)10)42-31-43(33-44(32-42)55(5,6)7)49-34-41(25-26-57-49)39-22-19-36(3)20-23-39/h11-26,28-35,60H,27H2,1-10H3/i3D3,19D,20D,22D,23D. The van der Waals surface area contributed by atoms with Crippen LogP contribution in [0.5, 0.6) is 5.75 Å². The number of para-hydroxylation sites is 1. The van der Waals surface area contributed by atoms with Crippen LogP contribution in [0.3, 0.4) is 0 Å². The molecule has 0 bridgehead atoms. The SMILES string of the molecule is [2H]c1c([2H])c(C([2H])([2H])[2H])c([2H])c([2H])c1-c1ccnc(-c2cc(-c3cccc4c3nc(-c3cc(C)cc(C(C)(C)C)c3O)n4-c3ccc(CC(C)C)cc3-c3ccccc3)cc(C(C)(C)C)c2)c1. The quantitative estimate of drug-likeness (QED) is 0.167. The molecule has 0 fully saturated rings. The third-order valence-electron chi connectivity index (χ3n) is 11.1. The number of phenols is 1. The minimum Gasteiger partial charge on any atom is -0.507 e. The first kappa shape index (κ1) is 32.6. The summed E-state index contributed by atoms with van der Waals surface area (Å²) in [6, 6.07) is 35.0. The second kappa shape index (κ2) is 15.7. The van der Waals surface area contributed by atoms with Crippen LogP contribution in [0.2, 0.25) is 0 Å². The molecule has 8 aromatic rings. The number of pyridine rings is 1. The predicted molar refractivity (Wildman–Crippen MR) is 253 cm³/mol. The van der Waals surface area contributed by atoms with E-state index >= 15 is 0 Å². The van der Waals surface area contributed by atoms with E-state index in [9.17, 15) is 5.11 Å². The number of hydrogen-bond acceptors (Lipinski definition) is 3. The molecule has 302 valence electrons. The Morgan fingerprint density at radius 1 is 0.667 bits per heavy atom. The monoisotopic (exact) mass is 794 g/mol. The Bertz CT molecular complexity index is 3180. The zero-order valence-corrected chi connectivity index (χ0v) is 36.0. The smallest absolute Gasteiger partial charge is 0.149 e. The molecule has 6 aromatic carbocycles. The summed E-state index contributed by atoms with van der Waals surface area (Å²) in [5.41, 5.74) is 11.5. The zero-order valence-electron chi connectivity index (χ0n) is 43.0. The van der Waals surface area contributed by atoms with Gasteiger partial charge in [0.15, 0.2) is 0 Å². The number of phenolic OH excluding ortho intramolecular Hbond substituents is 1. The molecule has 0 radical (unpaired) electrons. The van der Waals surface area contributed by atoms with Gasteiger partial charge in [0.05, 0.1) is 33.5 Å². The van der Waals surface area contributed by atoms with E-state index in [0.29, 0.717) is 28.6 Å². The van der Waals surface area contributed by atoms with Crippen LogP contribution in [0.25, 0.3) is 72.7 Å². The third-order valence-corrected chi connectivity index (χ3v) is 11.1. The molecule has 0 aliphatic rings. The minimum atomic E-state index is -2.82. The van der Waals surface area contributed by atoms with Crippen LogP contribution >= 0.6 is 0 Å². The Labute approximate surface area is 366 Å². The molecule has 60 heavy (non-hydrogen) atoms. The molecule has 8 rings (SSSR count). The first-order chi connectivity index (χ1) is 31.4. The highest BCUT2D eigenvalue weighted by atomic mass is 16.3. The van der Waals surface area contributed by atoms with Gasteiger partial charge in [0.2, 0.25) is 0 Å². The molecule has 0 aliphatic heterocycles. The van der Waals surface area contributed by atoms with Gasteiger partial charge in [-0.2, -0.15) is 0 Å². The molecule has 0 aliphatic carbocycles. The lowest BCUT2D eigenvalue weighted by Crippen LogP contribution is -2.12. The summed E-state index contributed by atoms with van der Waals surface area (Å²) in [7, 11) is 0. The number of imidazole rings is 1. The number of hydrogen-bond donors (Lipinski definition) is 1. The van der Waals surface area contributed by atoms with E-state index in [-0.39, 0.29) is 22.1 Å². The minimum absolute atomic E-state index is 0.00261. The van der Waals surface area contributed by atoms with E-state index in [2.05, 4.69) is 146 Å². The van der Waals surface area contributed by atoms with Crippen molar-refractivity contribution in [3.63, 3.8) is 0 Å².